The van der Waals surface area contributed by atoms with Gasteiger partial charge in [0.25, 0.3) is 0 Å². The van der Waals surface area contributed by atoms with E-state index in [4.69, 9.17) is 4.52 Å². The summed E-state index contributed by atoms with van der Waals surface area (Å²) in [4.78, 5) is 18.9. The topological polar surface area (TPSA) is 82.8 Å². The lowest BCUT2D eigenvalue weighted by atomic mass is 9.99. The van der Waals surface area contributed by atoms with Crippen LogP contribution in [0.25, 0.3) is 0 Å². The molecule has 0 unspecified atom stereocenters. The second-order valence-electron chi connectivity index (χ2n) is 7.17. The third-order valence-electron chi connectivity index (χ3n) is 5.08. The summed E-state index contributed by atoms with van der Waals surface area (Å²) < 4.78 is 5.45. The highest BCUT2D eigenvalue weighted by Gasteiger charge is 2.14. The Bertz CT molecular complexity index is 790. The van der Waals surface area contributed by atoms with E-state index in [-0.39, 0.29) is 36.4 Å². The third kappa shape index (κ3) is 8.88. The second kappa shape index (κ2) is 14.8. The first kappa shape index (κ1) is 26.9. The molecule has 8 heteroatoms. The number of likely N-dealkylation sites (N-methyl/N-ethyl adjacent to an activating group) is 1. The summed E-state index contributed by atoms with van der Waals surface area (Å²) in [6, 6.07) is 12.0. The van der Waals surface area contributed by atoms with E-state index in [9.17, 15) is 4.79 Å². The Morgan fingerprint density at radius 2 is 1.84 bits per heavy atom. The van der Waals surface area contributed by atoms with E-state index in [1.807, 2.05) is 50.2 Å². The average molecular weight is 541 g/mol. The van der Waals surface area contributed by atoms with E-state index < -0.39 is 0 Å². The van der Waals surface area contributed by atoms with Crippen molar-refractivity contribution in [3.63, 3.8) is 0 Å². The summed E-state index contributed by atoms with van der Waals surface area (Å²) in [6.07, 6.45) is 2.08. The number of aliphatic imine (C=N–C) groups is 1. The summed E-state index contributed by atoms with van der Waals surface area (Å²) in [5.41, 5.74) is 2.11. The highest BCUT2D eigenvalue weighted by atomic mass is 127. The van der Waals surface area contributed by atoms with Crippen molar-refractivity contribution in [3.05, 3.63) is 53.4 Å². The highest BCUT2D eigenvalue weighted by molar-refractivity contribution is 14.0. The molecule has 2 rings (SSSR count). The fourth-order valence-electron chi connectivity index (χ4n) is 3.25. The van der Waals surface area contributed by atoms with Gasteiger partial charge in [0.1, 0.15) is 6.54 Å². The van der Waals surface area contributed by atoms with Crippen molar-refractivity contribution in [1.82, 2.24) is 20.7 Å². The maximum Gasteiger partial charge on any atom is 0.244 e. The molecule has 31 heavy (non-hydrogen) atoms. The summed E-state index contributed by atoms with van der Waals surface area (Å²) in [5.74, 6) is 1.76. The van der Waals surface area contributed by atoms with Crippen molar-refractivity contribution >= 4 is 35.8 Å². The minimum atomic E-state index is -0.00533. The molecule has 0 aliphatic heterocycles. The fraction of sp³-hybridized carbons (Fsp3) is 0.522. The molecule has 1 aromatic heterocycles. The summed E-state index contributed by atoms with van der Waals surface area (Å²) in [6.45, 7) is 10.8. The van der Waals surface area contributed by atoms with Gasteiger partial charge in [-0.2, -0.15) is 0 Å². The van der Waals surface area contributed by atoms with E-state index in [1.165, 1.54) is 0 Å². The highest BCUT2D eigenvalue weighted by Crippen LogP contribution is 2.22. The first-order valence-electron chi connectivity index (χ1n) is 10.9. The van der Waals surface area contributed by atoms with E-state index in [1.54, 1.807) is 4.90 Å². The van der Waals surface area contributed by atoms with Crippen LogP contribution in [0.5, 0.6) is 0 Å². The van der Waals surface area contributed by atoms with Gasteiger partial charge < -0.3 is 20.1 Å². The van der Waals surface area contributed by atoms with Crippen molar-refractivity contribution in [1.29, 1.82) is 0 Å². The monoisotopic (exact) mass is 541 g/mol. The molecule has 2 N–H and O–H groups in total. The molecule has 2 aromatic rings. The van der Waals surface area contributed by atoms with E-state index in [0.717, 1.165) is 29.9 Å². The van der Waals surface area contributed by atoms with Crippen LogP contribution < -0.4 is 10.6 Å². The minimum absolute atomic E-state index is 0. The largest absolute Gasteiger partial charge is 0.359 e. The molecule has 0 aliphatic rings. The molecule has 1 heterocycles. The van der Waals surface area contributed by atoms with Crippen molar-refractivity contribution in [2.24, 2.45) is 4.99 Å². The van der Waals surface area contributed by atoms with Gasteiger partial charge in [0.05, 0.1) is 12.2 Å². The zero-order chi connectivity index (χ0) is 21.8. The second-order valence-corrected chi connectivity index (χ2v) is 7.17. The van der Waals surface area contributed by atoms with Gasteiger partial charge in [0, 0.05) is 31.6 Å². The Balaban J connectivity index is 0.00000480. The number of guanidine groups is 1. The van der Waals surface area contributed by atoms with Gasteiger partial charge in [-0.15, -0.1) is 24.0 Å². The number of amides is 1. The van der Waals surface area contributed by atoms with E-state index in [0.29, 0.717) is 38.1 Å². The van der Waals surface area contributed by atoms with E-state index in [2.05, 4.69) is 34.6 Å². The van der Waals surface area contributed by atoms with Crippen molar-refractivity contribution in [2.45, 2.75) is 59.5 Å². The molecule has 0 bridgehead atoms. The molecule has 0 fully saturated rings. The lowest BCUT2D eigenvalue weighted by Crippen LogP contribution is -2.38. The number of nitrogens with zero attached hydrogens (tertiary/aromatic N) is 3. The summed E-state index contributed by atoms with van der Waals surface area (Å²) in [7, 11) is 0. The zero-order valence-corrected chi connectivity index (χ0v) is 21.4. The van der Waals surface area contributed by atoms with Gasteiger partial charge in [-0.05, 0) is 32.3 Å². The standard InChI is InChI=1S/C23H35N5O2.HI/c1-5-19(6-2)21-14-20(30-27-21)15-25-23(24-7-3)26-16-22(29)28(8-4)17-18-12-10-9-11-13-18;/h9-14,19H,5-8,15-17H2,1-4H3,(H2,24,25,26);1H. The Morgan fingerprint density at radius 1 is 1.13 bits per heavy atom. The molecule has 0 saturated heterocycles. The van der Waals surface area contributed by atoms with Crippen LogP contribution in [-0.2, 0) is 17.9 Å². The molecule has 172 valence electrons. The van der Waals surface area contributed by atoms with Gasteiger partial charge in [0.2, 0.25) is 5.91 Å². The van der Waals surface area contributed by atoms with Gasteiger partial charge in [-0.1, -0.05) is 49.3 Å². The lowest BCUT2D eigenvalue weighted by Gasteiger charge is -2.20. The van der Waals surface area contributed by atoms with Crippen LogP contribution in [0.4, 0.5) is 0 Å². The SMILES string of the molecule is CCNC(=NCC(=O)N(CC)Cc1ccccc1)NCc1cc(C(CC)CC)no1.I. The zero-order valence-electron chi connectivity index (χ0n) is 19.1. The number of hydrogen-bond donors (Lipinski definition) is 2. The van der Waals surface area contributed by atoms with Crippen molar-refractivity contribution in [2.75, 3.05) is 19.6 Å². The smallest absolute Gasteiger partial charge is 0.244 e. The van der Waals surface area contributed by atoms with Crippen LogP contribution in [0.3, 0.4) is 0 Å². The molecular formula is C23H36IN5O2. The Hall–Kier alpha value is -2.10. The Labute approximate surface area is 203 Å². The number of hydrogen-bond acceptors (Lipinski definition) is 4. The Kier molecular flexibility index (Phi) is 12.9. The predicted molar refractivity (Wildman–Crippen MR) is 136 cm³/mol. The number of carbonyl (C=O) groups is 1. The quantitative estimate of drug-likeness (QED) is 0.252. The maximum absolute atomic E-state index is 12.6. The number of carbonyl (C=O) groups excluding carboxylic acids is 1. The molecule has 0 radical (unpaired) electrons. The molecule has 1 aromatic carbocycles. The molecule has 1 amide bonds. The molecule has 0 saturated carbocycles. The maximum atomic E-state index is 12.6. The summed E-state index contributed by atoms with van der Waals surface area (Å²) >= 11 is 0. The summed E-state index contributed by atoms with van der Waals surface area (Å²) in [5, 5.41) is 10.6. The van der Waals surface area contributed by atoms with Crippen LogP contribution >= 0.6 is 24.0 Å². The first-order valence-corrected chi connectivity index (χ1v) is 10.9. The third-order valence-corrected chi connectivity index (χ3v) is 5.08. The number of benzene rings is 1. The van der Waals surface area contributed by atoms with Crippen molar-refractivity contribution < 1.29 is 9.32 Å². The van der Waals surface area contributed by atoms with E-state index >= 15 is 0 Å². The van der Waals surface area contributed by atoms with Gasteiger partial charge in [0.15, 0.2) is 11.7 Å². The van der Waals surface area contributed by atoms with Crippen LogP contribution in [-0.4, -0.2) is 41.6 Å². The molecular weight excluding hydrogens is 505 g/mol. The van der Waals surface area contributed by atoms with Crippen LogP contribution in [0.1, 0.15) is 63.5 Å². The normalized spacial score (nSPS) is 11.2. The van der Waals surface area contributed by atoms with Gasteiger partial charge >= 0.3 is 0 Å². The average Bonchev–Trinajstić information content (AvgIpc) is 3.24. The Morgan fingerprint density at radius 3 is 2.45 bits per heavy atom. The molecule has 0 atom stereocenters. The van der Waals surface area contributed by atoms with Crippen LogP contribution in [0, 0.1) is 0 Å². The van der Waals surface area contributed by atoms with Crippen molar-refractivity contribution in [3.8, 4) is 0 Å². The van der Waals surface area contributed by atoms with Gasteiger partial charge in [-0.25, -0.2) is 4.99 Å². The predicted octanol–water partition coefficient (Wildman–Crippen LogP) is 4.30. The fourth-order valence-corrected chi connectivity index (χ4v) is 3.25. The van der Waals surface area contributed by atoms with Crippen LogP contribution in [0.2, 0.25) is 0 Å². The number of nitrogens with one attached hydrogen (secondary N) is 2. The number of aromatic nitrogens is 1. The lowest BCUT2D eigenvalue weighted by molar-refractivity contribution is -0.130. The van der Waals surface area contributed by atoms with Gasteiger partial charge in [-0.3, -0.25) is 4.79 Å². The van der Waals surface area contributed by atoms with Crippen LogP contribution in [0.15, 0.2) is 45.9 Å². The minimum Gasteiger partial charge on any atom is -0.359 e. The molecule has 7 nitrogen and oxygen atoms in total. The molecule has 0 spiro atoms. The molecule has 0 aliphatic carbocycles. The first-order chi connectivity index (χ1) is 14.6. The number of rotatable bonds is 11. The number of halogens is 1.